The quantitative estimate of drug-likeness (QED) is 0.878. The minimum atomic E-state index is 0.133. The van der Waals surface area contributed by atoms with Crippen molar-refractivity contribution in [1.29, 1.82) is 0 Å². The van der Waals surface area contributed by atoms with Gasteiger partial charge in [-0.1, -0.05) is 23.7 Å². The third-order valence-corrected chi connectivity index (χ3v) is 3.40. The second kappa shape index (κ2) is 6.53. The molecule has 0 aromatic heterocycles. The van der Waals surface area contributed by atoms with Crippen molar-refractivity contribution in [3.63, 3.8) is 0 Å². The predicted molar refractivity (Wildman–Crippen MR) is 83.0 cm³/mol. The van der Waals surface area contributed by atoms with Gasteiger partial charge >= 0.3 is 0 Å². The van der Waals surface area contributed by atoms with Crippen LogP contribution in [0.4, 0.5) is 5.69 Å². The maximum absolute atomic E-state index is 5.91. The molecular weight excluding hydrogens is 274 g/mol. The van der Waals surface area contributed by atoms with Crippen LogP contribution in [0.3, 0.4) is 0 Å². The lowest BCUT2D eigenvalue weighted by Gasteiger charge is -2.18. The third-order valence-electron chi connectivity index (χ3n) is 3.15. The van der Waals surface area contributed by atoms with Gasteiger partial charge in [0.15, 0.2) is 0 Å². The van der Waals surface area contributed by atoms with Crippen LogP contribution in [0.15, 0.2) is 42.5 Å². The molecule has 2 rings (SSSR count). The molecule has 3 nitrogen and oxygen atoms in total. The first-order chi connectivity index (χ1) is 9.63. The lowest BCUT2D eigenvalue weighted by molar-refractivity contribution is 0.404. The van der Waals surface area contributed by atoms with E-state index in [9.17, 15) is 0 Å². The molecule has 4 heteroatoms. The van der Waals surface area contributed by atoms with Crippen LogP contribution in [0.2, 0.25) is 5.02 Å². The lowest BCUT2D eigenvalue weighted by Crippen LogP contribution is -2.07. The molecule has 0 saturated heterocycles. The van der Waals surface area contributed by atoms with Gasteiger partial charge in [0.1, 0.15) is 11.5 Å². The van der Waals surface area contributed by atoms with E-state index in [4.69, 9.17) is 21.1 Å². The molecule has 1 atom stereocenters. The number of ether oxygens (including phenoxy) is 2. The van der Waals surface area contributed by atoms with Crippen molar-refractivity contribution in [2.24, 2.45) is 0 Å². The maximum atomic E-state index is 5.91. The minimum Gasteiger partial charge on any atom is -0.497 e. The summed E-state index contributed by atoms with van der Waals surface area (Å²) in [5, 5.41) is 4.16. The molecule has 20 heavy (non-hydrogen) atoms. The molecule has 0 saturated carbocycles. The zero-order valence-corrected chi connectivity index (χ0v) is 12.6. The number of hydrogen-bond donors (Lipinski definition) is 1. The highest BCUT2D eigenvalue weighted by atomic mass is 35.5. The summed E-state index contributed by atoms with van der Waals surface area (Å²) in [6.45, 7) is 2.09. The maximum Gasteiger partial charge on any atom is 0.142 e. The summed E-state index contributed by atoms with van der Waals surface area (Å²) in [6, 6.07) is 13.6. The average Bonchev–Trinajstić information content (AvgIpc) is 2.47. The number of hydrogen-bond acceptors (Lipinski definition) is 3. The Bertz CT molecular complexity index is 569. The zero-order chi connectivity index (χ0) is 14.5. The van der Waals surface area contributed by atoms with E-state index in [1.54, 1.807) is 14.2 Å². The van der Waals surface area contributed by atoms with Crippen LogP contribution in [0.1, 0.15) is 18.5 Å². The molecule has 0 aliphatic carbocycles. The van der Waals surface area contributed by atoms with Gasteiger partial charge in [-0.05, 0) is 36.8 Å². The number of methoxy groups -OCH3 is 2. The van der Waals surface area contributed by atoms with Crippen LogP contribution in [0.5, 0.6) is 11.5 Å². The highest BCUT2D eigenvalue weighted by Gasteiger charge is 2.10. The van der Waals surface area contributed by atoms with Gasteiger partial charge in [0.25, 0.3) is 0 Å². The normalized spacial score (nSPS) is 11.8. The summed E-state index contributed by atoms with van der Waals surface area (Å²) in [6.07, 6.45) is 0. The van der Waals surface area contributed by atoms with Gasteiger partial charge < -0.3 is 14.8 Å². The van der Waals surface area contributed by atoms with Gasteiger partial charge in [0.2, 0.25) is 0 Å². The predicted octanol–water partition coefficient (Wildman–Crippen LogP) is 4.53. The van der Waals surface area contributed by atoms with Gasteiger partial charge in [-0.2, -0.15) is 0 Å². The van der Waals surface area contributed by atoms with Crippen molar-refractivity contribution in [1.82, 2.24) is 0 Å². The molecule has 0 spiro atoms. The first-order valence-electron chi connectivity index (χ1n) is 6.38. The fourth-order valence-electron chi connectivity index (χ4n) is 1.99. The fraction of sp³-hybridized carbons (Fsp3) is 0.250. The van der Waals surface area contributed by atoms with E-state index in [0.717, 1.165) is 27.8 Å². The Kier molecular flexibility index (Phi) is 4.74. The lowest BCUT2D eigenvalue weighted by atomic mass is 10.1. The Morgan fingerprint density at radius 3 is 2.30 bits per heavy atom. The number of nitrogens with one attached hydrogen (secondary N) is 1. The van der Waals surface area contributed by atoms with Crippen molar-refractivity contribution in [3.05, 3.63) is 53.1 Å². The van der Waals surface area contributed by atoms with E-state index in [1.165, 1.54) is 0 Å². The molecule has 0 bridgehead atoms. The highest BCUT2D eigenvalue weighted by molar-refractivity contribution is 6.30. The Labute approximate surface area is 124 Å². The first-order valence-corrected chi connectivity index (χ1v) is 6.76. The summed E-state index contributed by atoms with van der Waals surface area (Å²) in [5.41, 5.74) is 2.05. The highest BCUT2D eigenvalue weighted by Crippen LogP contribution is 2.32. The van der Waals surface area contributed by atoms with Crippen LogP contribution in [0.25, 0.3) is 0 Å². The molecule has 0 radical (unpaired) electrons. The average molecular weight is 292 g/mol. The van der Waals surface area contributed by atoms with Crippen LogP contribution in [-0.2, 0) is 0 Å². The van der Waals surface area contributed by atoms with E-state index >= 15 is 0 Å². The van der Waals surface area contributed by atoms with Crippen LogP contribution >= 0.6 is 11.6 Å². The van der Waals surface area contributed by atoms with Crippen molar-refractivity contribution in [3.8, 4) is 11.5 Å². The molecule has 1 unspecified atom stereocenters. The van der Waals surface area contributed by atoms with Crippen molar-refractivity contribution >= 4 is 17.3 Å². The number of anilines is 1. The molecule has 0 aliphatic heterocycles. The standard InChI is InChI=1S/C16H18ClNO2/c1-11(12-4-6-13(17)7-5-12)18-15-10-14(19-2)8-9-16(15)20-3/h4-11,18H,1-3H3. The Morgan fingerprint density at radius 2 is 1.70 bits per heavy atom. The summed E-state index contributed by atoms with van der Waals surface area (Å²) in [5.74, 6) is 1.57. The van der Waals surface area contributed by atoms with Gasteiger partial charge in [0.05, 0.1) is 19.9 Å². The molecule has 106 valence electrons. The van der Waals surface area contributed by atoms with E-state index in [1.807, 2.05) is 42.5 Å². The molecular formula is C16H18ClNO2. The Hall–Kier alpha value is -1.87. The molecule has 1 N–H and O–H groups in total. The topological polar surface area (TPSA) is 30.5 Å². The molecule has 0 heterocycles. The third kappa shape index (κ3) is 3.36. The van der Waals surface area contributed by atoms with Crippen molar-refractivity contribution in [2.75, 3.05) is 19.5 Å². The van der Waals surface area contributed by atoms with Crippen LogP contribution in [-0.4, -0.2) is 14.2 Å². The van der Waals surface area contributed by atoms with Crippen molar-refractivity contribution < 1.29 is 9.47 Å². The molecule has 0 fully saturated rings. The van der Waals surface area contributed by atoms with Crippen LogP contribution in [0, 0.1) is 0 Å². The van der Waals surface area contributed by atoms with Gasteiger partial charge in [0, 0.05) is 17.1 Å². The SMILES string of the molecule is COc1ccc(OC)c(NC(C)c2ccc(Cl)cc2)c1. The van der Waals surface area contributed by atoms with E-state index in [0.29, 0.717) is 0 Å². The second-order valence-corrected chi connectivity index (χ2v) is 4.92. The molecule has 0 aliphatic rings. The van der Waals surface area contributed by atoms with E-state index < -0.39 is 0 Å². The Balaban J connectivity index is 2.21. The van der Waals surface area contributed by atoms with Gasteiger partial charge in [-0.3, -0.25) is 0 Å². The summed E-state index contributed by atoms with van der Waals surface area (Å²) >= 11 is 5.91. The number of benzene rings is 2. The molecule has 2 aromatic rings. The summed E-state index contributed by atoms with van der Waals surface area (Å²) in [4.78, 5) is 0. The molecule has 2 aromatic carbocycles. The van der Waals surface area contributed by atoms with Crippen molar-refractivity contribution in [2.45, 2.75) is 13.0 Å². The van der Waals surface area contributed by atoms with Gasteiger partial charge in [-0.15, -0.1) is 0 Å². The van der Waals surface area contributed by atoms with Crippen LogP contribution < -0.4 is 14.8 Å². The number of rotatable bonds is 5. The minimum absolute atomic E-state index is 0.133. The largest absolute Gasteiger partial charge is 0.497 e. The number of halogens is 1. The fourth-order valence-corrected chi connectivity index (χ4v) is 2.12. The monoisotopic (exact) mass is 291 g/mol. The Morgan fingerprint density at radius 1 is 1.00 bits per heavy atom. The first kappa shape index (κ1) is 14.5. The zero-order valence-electron chi connectivity index (χ0n) is 11.8. The van der Waals surface area contributed by atoms with E-state index in [2.05, 4.69) is 12.2 Å². The van der Waals surface area contributed by atoms with E-state index in [-0.39, 0.29) is 6.04 Å². The van der Waals surface area contributed by atoms with Gasteiger partial charge in [-0.25, -0.2) is 0 Å². The summed E-state index contributed by atoms with van der Waals surface area (Å²) < 4.78 is 10.6. The second-order valence-electron chi connectivity index (χ2n) is 4.48. The molecule has 0 amide bonds. The summed E-state index contributed by atoms with van der Waals surface area (Å²) in [7, 11) is 3.30. The smallest absolute Gasteiger partial charge is 0.142 e.